The summed E-state index contributed by atoms with van der Waals surface area (Å²) < 4.78 is 0. The Bertz CT molecular complexity index is 1030. The van der Waals surface area contributed by atoms with E-state index in [0.717, 1.165) is 11.6 Å². The molecule has 2 aromatic heterocycles. The van der Waals surface area contributed by atoms with E-state index >= 15 is 0 Å². The summed E-state index contributed by atoms with van der Waals surface area (Å²) in [5.41, 5.74) is 6.37. The average Bonchev–Trinajstić information content (AvgIpc) is 3.56. The fourth-order valence-electron chi connectivity index (χ4n) is 3.96. The molecule has 2 saturated carbocycles. The molecule has 2 aliphatic rings. The lowest BCUT2D eigenvalue weighted by atomic mass is 9.95. The summed E-state index contributed by atoms with van der Waals surface area (Å²) in [5.74, 6) is -0.241. The largest absolute Gasteiger partial charge is 0.477 e. The second-order valence-electron chi connectivity index (χ2n) is 8.11. The molecule has 2 N–H and O–H groups in total. The van der Waals surface area contributed by atoms with Crippen molar-refractivity contribution < 1.29 is 9.90 Å². The first kappa shape index (κ1) is 15.6. The van der Waals surface area contributed by atoms with Gasteiger partial charge in [-0.2, -0.15) is 0 Å². The highest BCUT2D eigenvalue weighted by molar-refractivity contribution is 5.87. The van der Waals surface area contributed by atoms with Crippen LogP contribution in [0.1, 0.15) is 71.5 Å². The van der Waals surface area contributed by atoms with E-state index in [2.05, 4.69) is 35.1 Å². The van der Waals surface area contributed by atoms with Gasteiger partial charge in [0.1, 0.15) is 5.69 Å². The van der Waals surface area contributed by atoms with Crippen LogP contribution in [0.4, 0.5) is 0 Å². The Labute approximate surface area is 152 Å². The van der Waals surface area contributed by atoms with E-state index < -0.39 is 5.97 Å². The molecule has 1 aromatic carbocycles. The average molecular weight is 346 g/mol. The molecule has 2 fully saturated rings. The van der Waals surface area contributed by atoms with Crippen molar-refractivity contribution in [1.82, 2.24) is 9.97 Å². The number of aromatic amines is 1. The van der Waals surface area contributed by atoms with E-state index in [-0.39, 0.29) is 11.1 Å². The number of nitrogens with one attached hydrogen (secondary N) is 1. The molecule has 2 aliphatic carbocycles. The van der Waals surface area contributed by atoms with Crippen molar-refractivity contribution in [2.45, 2.75) is 50.4 Å². The third-order valence-electron chi connectivity index (χ3n) is 5.97. The minimum absolute atomic E-state index is 0.109. The van der Waals surface area contributed by atoms with Gasteiger partial charge in [-0.1, -0.05) is 25.1 Å². The number of H-pyrrole nitrogens is 1. The quantitative estimate of drug-likeness (QED) is 0.698. The summed E-state index contributed by atoms with van der Waals surface area (Å²) >= 11 is 0. The maximum atomic E-state index is 11.2. The van der Waals surface area contributed by atoms with Crippen molar-refractivity contribution in [2.24, 2.45) is 0 Å². The van der Waals surface area contributed by atoms with E-state index in [0.29, 0.717) is 6.42 Å². The number of hydrogen-bond donors (Lipinski definition) is 2. The van der Waals surface area contributed by atoms with Gasteiger partial charge >= 0.3 is 5.97 Å². The van der Waals surface area contributed by atoms with Crippen LogP contribution in [0.2, 0.25) is 0 Å². The zero-order valence-electron chi connectivity index (χ0n) is 14.9. The van der Waals surface area contributed by atoms with E-state index in [1.807, 2.05) is 6.07 Å². The molecule has 0 saturated heterocycles. The van der Waals surface area contributed by atoms with Gasteiger partial charge in [0.05, 0.1) is 0 Å². The lowest BCUT2D eigenvalue weighted by Crippen LogP contribution is -2.07. The monoisotopic (exact) mass is 346 g/mol. The number of carboxylic acid groups (broad SMARTS) is 1. The van der Waals surface area contributed by atoms with Crippen LogP contribution in [0.25, 0.3) is 10.9 Å². The lowest BCUT2D eigenvalue weighted by molar-refractivity contribution is 0.0690. The number of carboxylic acids is 1. The number of carbonyl (C=O) groups is 1. The van der Waals surface area contributed by atoms with Gasteiger partial charge in [-0.25, -0.2) is 9.78 Å². The van der Waals surface area contributed by atoms with E-state index in [4.69, 9.17) is 0 Å². The Hall–Kier alpha value is -2.62. The fourth-order valence-corrected chi connectivity index (χ4v) is 3.96. The van der Waals surface area contributed by atoms with Crippen LogP contribution in [0.5, 0.6) is 0 Å². The summed E-state index contributed by atoms with van der Waals surface area (Å²) in [4.78, 5) is 19.3. The highest BCUT2D eigenvalue weighted by Gasteiger charge is 2.42. The van der Waals surface area contributed by atoms with Crippen LogP contribution in [-0.4, -0.2) is 21.0 Å². The maximum absolute atomic E-state index is 11.2. The summed E-state index contributed by atoms with van der Waals surface area (Å²) in [5, 5.41) is 10.5. The van der Waals surface area contributed by atoms with Crippen LogP contribution in [0, 0.1) is 0 Å². The van der Waals surface area contributed by atoms with Crippen molar-refractivity contribution in [1.29, 1.82) is 0 Å². The number of fused-ring (bicyclic) bond motifs is 1. The van der Waals surface area contributed by atoms with Crippen LogP contribution in [0.3, 0.4) is 0 Å². The molecule has 132 valence electrons. The van der Waals surface area contributed by atoms with Gasteiger partial charge in [0.2, 0.25) is 0 Å². The molecule has 3 aromatic rings. The van der Waals surface area contributed by atoms with Crippen molar-refractivity contribution in [3.05, 3.63) is 64.6 Å². The summed E-state index contributed by atoms with van der Waals surface area (Å²) in [7, 11) is 0. The van der Waals surface area contributed by atoms with Crippen molar-refractivity contribution in [2.75, 3.05) is 0 Å². The number of rotatable bonds is 5. The second-order valence-corrected chi connectivity index (χ2v) is 8.11. The van der Waals surface area contributed by atoms with Crippen LogP contribution < -0.4 is 0 Å². The minimum Gasteiger partial charge on any atom is -0.477 e. The lowest BCUT2D eigenvalue weighted by Gasteiger charge is -2.11. The smallest absolute Gasteiger partial charge is 0.354 e. The molecule has 0 bridgehead atoms. The van der Waals surface area contributed by atoms with Crippen molar-refractivity contribution >= 4 is 16.9 Å². The van der Waals surface area contributed by atoms with Gasteiger partial charge < -0.3 is 10.1 Å². The Morgan fingerprint density at radius 1 is 1.27 bits per heavy atom. The van der Waals surface area contributed by atoms with Crippen molar-refractivity contribution in [3.8, 4) is 0 Å². The number of aromatic nitrogens is 2. The molecule has 26 heavy (non-hydrogen) atoms. The van der Waals surface area contributed by atoms with Crippen LogP contribution in [0.15, 0.2) is 36.4 Å². The Kier molecular flexibility index (Phi) is 3.27. The van der Waals surface area contributed by atoms with Gasteiger partial charge in [-0.05, 0) is 60.9 Å². The molecular weight excluding hydrogens is 324 g/mol. The fraction of sp³-hybridized carbons (Fsp3) is 0.364. The van der Waals surface area contributed by atoms with Crippen LogP contribution in [-0.2, 0) is 11.8 Å². The number of aromatic carboxylic acids is 1. The first-order chi connectivity index (χ1) is 12.5. The Morgan fingerprint density at radius 2 is 2.08 bits per heavy atom. The number of hydrogen-bond acceptors (Lipinski definition) is 2. The second kappa shape index (κ2) is 5.44. The number of nitrogens with zero attached hydrogens (tertiary/aromatic N) is 1. The predicted octanol–water partition coefficient (Wildman–Crippen LogP) is 4.78. The molecule has 4 nitrogen and oxygen atoms in total. The highest BCUT2D eigenvalue weighted by atomic mass is 16.4. The Morgan fingerprint density at radius 3 is 2.77 bits per heavy atom. The summed E-state index contributed by atoms with van der Waals surface area (Å²) in [6.07, 6.45) is 5.66. The van der Waals surface area contributed by atoms with E-state index in [9.17, 15) is 9.90 Å². The molecule has 0 atom stereocenters. The number of pyridine rings is 1. The zero-order chi connectivity index (χ0) is 17.9. The highest BCUT2D eigenvalue weighted by Crippen LogP contribution is 2.50. The maximum Gasteiger partial charge on any atom is 0.354 e. The van der Waals surface area contributed by atoms with Gasteiger partial charge in [-0.15, -0.1) is 0 Å². The van der Waals surface area contributed by atoms with Gasteiger partial charge in [0.25, 0.3) is 0 Å². The topological polar surface area (TPSA) is 66.0 Å². The SMILES string of the molecule is CC1(c2[nH]c3cc(C4CC4)ccc3c2Cc2cccc(C(=O)O)n2)CC1. The molecule has 0 unspecified atom stereocenters. The Balaban J connectivity index is 1.61. The summed E-state index contributed by atoms with van der Waals surface area (Å²) in [6.45, 7) is 2.31. The van der Waals surface area contributed by atoms with Gasteiger partial charge in [0.15, 0.2) is 0 Å². The third-order valence-corrected chi connectivity index (χ3v) is 5.97. The first-order valence-electron chi connectivity index (χ1n) is 9.38. The van der Waals surface area contributed by atoms with E-state index in [1.165, 1.54) is 53.4 Å². The van der Waals surface area contributed by atoms with Gasteiger partial charge in [-0.3, -0.25) is 0 Å². The molecule has 0 amide bonds. The molecule has 0 spiro atoms. The molecule has 0 radical (unpaired) electrons. The molecule has 5 rings (SSSR count). The summed E-state index contributed by atoms with van der Waals surface area (Å²) in [6, 6.07) is 12.1. The predicted molar refractivity (Wildman–Crippen MR) is 101 cm³/mol. The molecule has 4 heteroatoms. The number of benzene rings is 1. The van der Waals surface area contributed by atoms with Crippen LogP contribution >= 0.6 is 0 Å². The molecule has 0 aliphatic heterocycles. The third kappa shape index (κ3) is 2.61. The first-order valence-corrected chi connectivity index (χ1v) is 9.38. The van der Waals surface area contributed by atoms with Crippen molar-refractivity contribution in [3.63, 3.8) is 0 Å². The zero-order valence-corrected chi connectivity index (χ0v) is 14.9. The normalized spacial score (nSPS) is 18.2. The standard InChI is InChI=1S/C22H22N2O2/c1-22(9-10-22)20-17(12-15-3-2-4-18(23-15)21(25)26)16-8-7-14(13-5-6-13)11-19(16)24-20/h2-4,7-8,11,13,24H,5-6,9-10,12H2,1H3,(H,25,26). The van der Waals surface area contributed by atoms with Gasteiger partial charge in [0, 0.05) is 34.1 Å². The minimum atomic E-state index is -0.978. The molecular formula is C22H22N2O2. The molecule has 2 heterocycles. The van der Waals surface area contributed by atoms with E-state index in [1.54, 1.807) is 12.1 Å².